The maximum atomic E-state index is 13.0. The van der Waals surface area contributed by atoms with E-state index in [0.717, 1.165) is 45.4 Å². The van der Waals surface area contributed by atoms with Crippen molar-refractivity contribution in [1.29, 1.82) is 0 Å². The molecule has 3 aliphatic heterocycles. The van der Waals surface area contributed by atoms with E-state index < -0.39 is 0 Å². The molecule has 4 aliphatic rings. The summed E-state index contributed by atoms with van der Waals surface area (Å²) < 4.78 is 10.7. The van der Waals surface area contributed by atoms with Crippen molar-refractivity contribution in [2.75, 3.05) is 39.8 Å². The van der Waals surface area contributed by atoms with Crippen LogP contribution >= 0.6 is 0 Å². The van der Waals surface area contributed by atoms with Gasteiger partial charge >= 0.3 is 12.2 Å². The summed E-state index contributed by atoms with van der Waals surface area (Å²) in [6.45, 7) is 10.5. The quantitative estimate of drug-likeness (QED) is 0.679. The lowest BCUT2D eigenvalue weighted by molar-refractivity contribution is -0.0445. The molecular formula is C23H41N5O4. The summed E-state index contributed by atoms with van der Waals surface area (Å²) >= 11 is 0. The zero-order valence-electron chi connectivity index (χ0n) is 20.1. The smallest absolute Gasteiger partial charge is 0.410 e. The van der Waals surface area contributed by atoms with Crippen LogP contribution in [-0.4, -0.2) is 97.1 Å². The summed E-state index contributed by atoms with van der Waals surface area (Å²) in [6.07, 6.45) is 4.54. The fraction of sp³-hybridized carbons (Fsp3) is 0.913. The number of amides is 2. The first-order valence-electron chi connectivity index (χ1n) is 12.4. The number of methoxy groups -OCH3 is 1. The molecule has 0 radical (unpaired) electrons. The number of fused-ring (bicyclic) bond motifs is 1. The summed E-state index contributed by atoms with van der Waals surface area (Å²) in [5.74, 6) is 1.09. The number of nitrogens with zero attached hydrogens (tertiary/aromatic N) is 3. The van der Waals surface area contributed by atoms with Gasteiger partial charge in [-0.15, -0.1) is 0 Å². The van der Waals surface area contributed by atoms with Crippen LogP contribution in [0, 0.1) is 11.8 Å². The van der Waals surface area contributed by atoms with Crippen LogP contribution in [0.4, 0.5) is 9.59 Å². The molecule has 182 valence electrons. The first-order valence-corrected chi connectivity index (χ1v) is 12.4. The Labute approximate surface area is 192 Å². The van der Waals surface area contributed by atoms with Crippen molar-refractivity contribution in [3.8, 4) is 0 Å². The van der Waals surface area contributed by atoms with Crippen molar-refractivity contribution in [3.63, 3.8) is 0 Å². The Kier molecular flexibility index (Phi) is 7.47. The molecule has 2 amide bonds. The van der Waals surface area contributed by atoms with Gasteiger partial charge in [-0.3, -0.25) is 10.3 Å². The minimum Gasteiger partial charge on any atom is -0.453 e. The molecular weight excluding hydrogens is 410 g/mol. The van der Waals surface area contributed by atoms with E-state index in [9.17, 15) is 9.59 Å². The molecule has 5 atom stereocenters. The highest BCUT2D eigenvalue weighted by Crippen LogP contribution is 2.40. The van der Waals surface area contributed by atoms with E-state index in [1.165, 1.54) is 20.0 Å². The molecule has 0 bridgehead atoms. The van der Waals surface area contributed by atoms with Crippen LogP contribution in [0.3, 0.4) is 0 Å². The Bertz CT molecular complexity index is 671. The van der Waals surface area contributed by atoms with E-state index in [1.54, 1.807) is 0 Å². The SMILES string of the molecule is COC(=O)N1C2CCC(C3CNN(C4CCNCC4)C3)CC2N(C(=O)OC(C)C)C[C@@H]1C. The third kappa shape index (κ3) is 4.84. The van der Waals surface area contributed by atoms with Gasteiger partial charge in [0.1, 0.15) is 0 Å². The molecule has 1 saturated carbocycles. The number of nitrogens with one attached hydrogen (secondary N) is 2. The van der Waals surface area contributed by atoms with Crippen LogP contribution in [-0.2, 0) is 9.47 Å². The Morgan fingerprint density at radius 1 is 0.969 bits per heavy atom. The lowest BCUT2D eigenvalue weighted by Crippen LogP contribution is -2.67. The Balaban J connectivity index is 1.47. The van der Waals surface area contributed by atoms with Crippen LogP contribution in [0.5, 0.6) is 0 Å². The van der Waals surface area contributed by atoms with E-state index in [2.05, 4.69) is 15.8 Å². The number of carbonyl (C=O) groups excluding carboxylic acids is 2. The summed E-state index contributed by atoms with van der Waals surface area (Å²) in [4.78, 5) is 29.3. The molecule has 0 spiro atoms. The molecule has 0 aromatic carbocycles. The number of hydrogen-bond acceptors (Lipinski definition) is 7. The third-order valence-corrected chi connectivity index (χ3v) is 7.88. The fourth-order valence-corrected chi connectivity index (χ4v) is 6.31. The zero-order chi connectivity index (χ0) is 22.8. The Hall–Kier alpha value is -1.58. The van der Waals surface area contributed by atoms with Crippen molar-refractivity contribution < 1.29 is 19.1 Å². The number of carbonyl (C=O) groups is 2. The lowest BCUT2D eigenvalue weighted by Gasteiger charge is -2.53. The molecule has 4 rings (SSSR count). The molecule has 4 unspecified atom stereocenters. The average Bonchev–Trinajstić information content (AvgIpc) is 3.28. The molecule has 0 aromatic rings. The zero-order valence-corrected chi connectivity index (χ0v) is 20.1. The number of hydrogen-bond donors (Lipinski definition) is 2. The van der Waals surface area contributed by atoms with Crippen LogP contribution in [0.2, 0.25) is 0 Å². The van der Waals surface area contributed by atoms with Crippen LogP contribution in [0.25, 0.3) is 0 Å². The van der Waals surface area contributed by atoms with Gasteiger partial charge in [-0.25, -0.2) is 14.6 Å². The number of hydrazine groups is 1. The predicted octanol–water partition coefficient (Wildman–Crippen LogP) is 2.03. The van der Waals surface area contributed by atoms with E-state index >= 15 is 0 Å². The Morgan fingerprint density at radius 2 is 1.72 bits per heavy atom. The largest absolute Gasteiger partial charge is 0.453 e. The Morgan fingerprint density at radius 3 is 2.41 bits per heavy atom. The highest BCUT2D eigenvalue weighted by atomic mass is 16.6. The first-order chi connectivity index (χ1) is 15.4. The van der Waals surface area contributed by atoms with E-state index in [0.29, 0.717) is 24.4 Å². The molecule has 9 nitrogen and oxygen atoms in total. The van der Waals surface area contributed by atoms with Gasteiger partial charge in [0.25, 0.3) is 0 Å². The number of ether oxygens (including phenoxy) is 2. The maximum absolute atomic E-state index is 13.0. The lowest BCUT2D eigenvalue weighted by atomic mass is 9.73. The van der Waals surface area contributed by atoms with Gasteiger partial charge in [-0.1, -0.05) is 0 Å². The van der Waals surface area contributed by atoms with Gasteiger partial charge in [0.05, 0.1) is 31.3 Å². The minimum atomic E-state index is -0.289. The van der Waals surface area contributed by atoms with E-state index in [-0.39, 0.29) is 36.4 Å². The average molecular weight is 452 g/mol. The van der Waals surface area contributed by atoms with Gasteiger partial charge in [0.15, 0.2) is 0 Å². The second kappa shape index (κ2) is 10.1. The van der Waals surface area contributed by atoms with Gasteiger partial charge in [0.2, 0.25) is 0 Å². The van der Waals surface area contributed by atoms with Crippen LogP contribution < -0.4 is 10.7 Å². The monoisotopic (exact) mass is 451 g/mol. The van der Waals surface area contributed by atoms with Gasteiger partial charge in [-0.2, -0.15) is 0 Å². The number of piperidine rings is 1. The fourth-order valence-electron chi connectivity index (χ4n) is 6.31. The third-order valence-electron chi connectivity index (χ3n) is 7.88. The maximum Gasteiger partial charge on any atom is 0.410 e. The van der Waals surface area contributed by atoms with Crippen LogP contribution in [0.1, 0.15) is 52.9 Å². The summed E-state index contributed by atoms with van der Waals surface area (Å²) in [5.41, 5.74) is 3.66. The second-order valence-corrected chi connectivity index (χ2v) is 10.3. The molecule has 3 heterocycles. The second-order valence-electron chi connectivity index (χ2n) is 10.3. The van der Waals surface area contributed by atoms with Crippen molar-refractivity contribution in [2.24, 2.45) is 11.8 Å². The normalized spacial score (nSPS) is 34.5. The highest BCUT2D eigenvalue weighted by Gasteiger charge is 2.49. The molecule has 4 fully saturated rings. The van der Waals surface area contributed by atoms with E-state index in [4.69, 9.17) is 9.47 Å². The summed E-state index contributed by atoms with van der Waals surface area (Å²) in [7, 11) is 1.44. The molecule has 3 saturated heterocycles. The molecule has 2 N–H and O–H groups in total. The molecule has 0 aromatic heterocycles. The standard InChI is InChI=1S/C23H41N5O4/c1-15(2)32-22(29)26-13-16(3)28(23(30)31-4)20-6-5-17(11-21(20)26)18-12-25-27(14-18)19-7-9-24-10-8-19/h15-21,24-25H,5-14H2,1-4H3/t16-,17?,18?,20?,21?/m0/s1. The molecule has 9 heteroatoms. The number of piperazine rings is 1. The topological polar surface area (TPSA) is 86.4 Å². The minimum absolute atomic E-state index is 0.0166. The van der Waals surface area contributed by atoms with E-state index in [1.807, 2.05) is 30.6 Å². The van der Waals surface area contributed by atoms with Crippen molar-refractivity contribution >= 4 is 12.2 Å². The number of rotatable bonds is 3. The van der Waals surface area contributed by atoms with Gasteiger partial charge < -0.3 is 19.7 Å². The summed E-state index contributed by atoms with van der Waals surface area (Å²) in [5, 5.41) is 5.91. The van der Waals surface area contributed by atoms with Crippen molar-refractivity contribution in [1.82, 2.24) is 25.6 Å². The van der Waals surface area contributed by atoms with Crippen molar-refractivity contribution in [3.05, 3.63) is 0 Å². The highest BCUT2D eigenvalue weighted by molar-refractivity contribution is 5.72. The molecule has 32 heavy (non-hydrogen) atoms. The van der Waals surface area contributed by atoms with Crippen LogP contribution in [0.15, 0.2) is 0 Å². The van der Waals surface area contributed by atoms with Crippen molar-refractivity contribution in [2.45, 2.75) is 83.1 Å². The summed E-state index contributed by atoms with van der Waals surface area (Å²) in [6, 6.07) is 0.476. The molecule has 1 aliphatic carbocycles. The van der Waals surface area contributed by atoms with Gasteiger partial charge in [-0.05, 0) is 77.8 Å². The predicted molar refractivity (Wildman–Crippen MR) is 121 cm³/mol. The first kappa shape index (κ1) is 23.6. The van der Waals surface area contributed by atoms with Gasteiger partial charge in [0, 0.05) is 25.7 Å².